The summed E-state index contributed by atoms with van der Waals surface area (Å²) in [5.74, 6) is 0.0865. The molecule has 0 saturated carbocycles. The Balaban J connectivity index is 1.19. The van der Waals surface area contributed by atoms with E-state index < -0.39 is 17.6 Å². The van der Waals surface area contributed by atoms with Gasteiger partial charge in [-0.25, -0.2) is 4.98 Å². The van der Waals surface area contributed by atoms with Gasteiger partial charge in [0, 0.05) is 40.7 Å². The molecule has 11 heteroatoms. The molecule has 5 rings (SSSR count). The van der Waals surface area contributed by atoms with Crippen LogP contribution in [0.1, 0.15) is 39.8 Å². The Morgan fingerprint density at radius 1 is 1.02 bits per heavy atom. The van der Waals surface area contributed by atoms with Crippen molar-refractivity contribution < 1.29 is 27.5 Å². The maximum absolute atomic E-state index is 13.2. The van der Waals surface area contributed by atoms with Gasteiger partial charge in [-0.2, -0.15) is 13.2 Å². The standard InChI is InChI=1S/C30H25ClF3N3O3S/c31-22-7-4-8-23(16-22)40-17-27(38)37-13-11-19(12-14-37)29-36-26(18-41-29)28(39)35-25-10-2-1-9-24(25)20-5-3-6-21(15-20)30(32,33)34/h1-10,15-16,18-19H,11-14,17H2,(H,35,39). The molecule has 0 atom stereocenters. The summed E-state index contributed by atoms with van der Waals surface area (Å²) in [5, 5.41) is 5.82. The van der Waals surface area contributed by atoms with Gasteiger partial charge in [-0.15, -0.1) is 11.3 Å². The molecular formula is C30H25ClF3N3O3S. The molecular weight excluding hydrogens is 575 g/mol. The molecule has 2 heterocycles. The third-order valence-corrected chi connectivity index (χ3v) is 8.03. The quantitative estimate of drug-likeness (QED) is 0.238. The largest absolute Gasteiger partial charge is 0.484 e. The zero-order valence-corrected chi connectivity index (χ0v) is 23.2. The Labute approximate surface area is 243 Å². The summed E-state index contributed by atoms with van der Waals surface area (Å²) in [6, 6.07) is 18.6. The first-order valence-electron chi connectivity index (χ1n) is 12.9. The van der Waals surface area contributed by atoms with Gasteiger partial charge in [0.1, 0.15) is 11.4 Å². The smallest absolute Gasteiger partial charge is 0.416 e. The molecule has 1 aromatic heterocycles. The fourth-order valence-corrected chi connectivity index (χ4v) is 5.79. The van der Waals surface area contributed by atoms with Gasteiger partial charge in [-0.3, -0.25) is 9.59 Å². The molecule has 0 aliphatic carbocycles. The number of hydrogen-bond donors (Lipinski definition) is 1. The molecule has 2 amide bonds. The average molecular weight is 600 g/mol. The first-order chi connectivity index (χ1) is 19.7. The van der Waals surface area contributed by atoms with Crippen molar-refractivity contribution in [3.05, 3.63) is 99.5 Å². The number of hydrogen-bond acceptors (Lipinski definition) is 5. The lowest BCUT2D eigenvalue weighted by Crippen LogP contribution is -2.40. The molecule has 212 valence electrons. The number of para-hydroxylation sites is 1. The zero-order valence-electron chi connectivity index (χ0n) is 21.7. The molecule has 41 heavy (non-hydrogen) atoms. The van der Waals surface area contributed by atoms with E-state index in [1.165, 1.54) is 17.4 Å². The number of ether oxygens (including phenoxy) is 1. The number of nitrogens with zero attached hydrogens (tertiary/aromatic N) is 2. The third-order valence-electron chi connectivity index (χ3n) is 6.79. The lowest BCUT2D eigenvalue weighted by Gasteiger charge is -2.31. The number of halogens is 4. The molecule has 1 fully saturated rings. The SMILES string of the molecule is O=C(Nc1ccccc1-c1cccc(C(F)(F)F)c1)c1csc(C2CCN(C(=O)COc3cccc(Cl)c3)CC2)n1. The molecule has 1 N–H and O–H groups in total. The number of thiazole rings is 1. The van der Waals surface area contributed by atoms with E-state index in [1.54, 1.807) is 64.9 Å². The summed E-state index contributed by atoms with van der Waals surface area (Å²) in [6.07, 6.45) is -3.06. The van der Waals surface area contributed by atoms with Crippen LogP contribution in [0.25, 0.3) is 11.1 Å². The number of piperidine rings is 1. The van der Waals surface area contributed by atoms with Gasteiger partial charge in [-0.05, 0) is 54.8 Å². The number of likely N-dealkylation sites (tertiary alicyclic amines) is 1. The van der Waals surface area contributed by atoms with Crippen molar-refractivity contribution in [1.82, 2.24) is 9.88 Å². The summed E-state index contributed by atoms with van der Waals surface area (Å²) in [6.45, 7) is 1.02. The predicted molar refractivity (Wildman–Crippen MR) is 152 cm³/mol. The molecule has 3 aromatic carbocycles. The van der Waals surface area contributed by atoms with Crippen LogP contribution in [0.3, 0.4) is 0 Å². The molecule has 0 radical (unpaired) electrons. The van der Waals surface area contributed by atoms with E-state index in [4.69, 9.17) is 16.3 Å². The molecule has 6 nitrogen and oxygen atoms in total. The fourth-order valence-electron chi connectivity index (χ4n) is 4.64. The summed E-state index contributed by atoms with van der Waals surface area (Å²) in [4.78, 5) is 32.0. The van der Waals surface area contributed by atoms with E-state index in [1.807, 2.05) is 0 Å². The summed E-state index contributed by atoms with van der Waals surface area (Å²) < 4.78 is 45.3. The monoisotopic (exact) mass is 599 g/mol. The molecule has 1 saturated heterocycles. The highest BCUT2D eigenvalue weighted by atomic mass is 35.5. The van der Waals surface area contributed by atoms with Crippen molar-refractivity contribution in [3.8, 4) is 16.9 Å². The summed E-state index contributed by atoms with van der Waals surface area (Å²) >= 11 is 7.34. The molecule has 1 aliphatic rings. The number of carbonyl (C=O) groups excluding carboxylic acids is 2. The van der Waals surface area contributed by atoms with Crippen LogP contribution in [0.2, 0.25) is 5.02 Å². The zero-order chi connectivity index (χ0) is 29.0. The number of anilines is 1. The first kappa shape index (κ1) is 28.6. The number of carbonyl (C=O) groups is 2. The van der Waals surface area contributed by atoms with Gasteiger partial charge < -0.3 is 15.0 Å². The Morgan fingerprint density at radius 2 is 1.78 bits per heavy atom. The molecule has 0 spiro atoms. The van der Waals surface area contributed by atoms with E-state index in [0.717, 1.165) is 17.1 Å². The van der Waals surface area contributed by atoms with Crippen LogP contribution < -0.4 is 10.1 Å². The lowest BCUT2D eigenvalue weighted by atomic mass is 9.97. The maximum Gasteiger partial charge on any atom is 0.416 e. The van der Waals surface area contributed by atoms with Crippen molar-refractivity contribution in [3.63, 3.8) is 0 Å². The number of benzene rings is 3. The second-order valence-corrected chi connectivity index (χ2v) is 10.9. The lowest BCUT2D eigenvalue weighted by molar-refractivity contribution is -0.137. The van der Waals surface area contributed by atoms with Crippen molar-refractivity contribution in [1.29, 1.82) is 0 Å². The second kappa shape index (κ2) is 12.3. The third kappa shape index (κ3) is 7.07. The molecule has 4 aromatic rings. The number of rotatable bonds is 7. The van der Waals surface area contributed by atoms with E-state index in [0.29, 0.717) is 53.5 Å². The highest BCUT2D eigenvalue weighted by Crippen LogP contribution is 2.35. The predicted octanol–water partition coefficient (Wildman–Crippen LogP) is 7.52. The van der Waals surface area contributed by atoms with E-state index >= 15 is 0 Å². The topological polar surface area (TPSA) is 71.5 Å². The van der Waals surface area contributed by atoms with Gasteiger partial charge in [0.25, 0.3) is 11.8 Å². The molecule has 0 bridgehead atoms. The van der Waals surface area contributed by atoms with E-state index in [-0.39, 0.29) is 24.1 Å². The fraction of sp³-hybridized carbons (Fsp3) is 0.233. The highest BCUT2D eigenvalue weighted by molar-refractivity contribution is 7.10. The van der Waals surface area contributed by atoms with Crippen LogP contribution in [-0.2, 0) is 11.0 Å². The van der Waals surface area contributed by atoms with Gasteiger partial charge in [0.05, 0.1) is 10.6 Å². The van der Waals surface area contributed by atoms with Crippen LogP contribution >= 0.6 is 22.9 Å². The molecule has 0 unspecified atom stereocenters. The van der Waals surface area contributed by atoms with Crippen molar-refractivity contribution in [2.45, 2.75) is 24.9 Å². The average Bonchev–Trinajstić information content (AvgIpc) is 3.47. The van der Waals surface area contributed by atoms with E-state index in [2.05, 4.69) is 10.3 Å². The van der Waals surface area contributed by atoms with Crippen molar-refractivity contribution in [2.75, 3.05) is 25.0 Å². The Bertz CT molecular complexity index is 1550. The normalized spacial score (nSPS) is 14.1. The van der Waals surface area contributed by atoms with Crippen molar-refractivity contribution >= 4 is 40.4 Å². The Hall–Kier alpha value is -3.89. The summed E-state index contributed by atoms with van der Waals surface area (Å²) in [5.41, 5.74) is 0.671. The number of amides is 2. The Kier molecular flexibility index (Phi) is 8.60. The van der Waals surface area contributed by atoms with Gasteiger partial charge >= 0.3 is 6.18 Å². The minimum Gasteiger partial charge on any atom is -0.484 e. The van der Waals surface area contributed by atoms with Crippen LogP contribution in [0, 0.1) is 0 Å². The number of aromatic nitrogens is 1. The number of alkyl halides is 3. The maximum atomic E-state index is 13.2. The van der Waals surface area contributed by atoms with Crippen LogP contribution in [0.5, 0.6) is 5.75 Å². The van der Waals surface area contributed by atoms with Crippen LogP contribution in [0.15, 0.2) is 78.2 Å². The summed E-state index contributed by atoms with van der Waals surface area (Å²) in [7, 11) is 0. The minimum absolute atomic E-state index is 0.0748. The van der Waals surface area contributed by atoms with Gasteiger partial charge in [0.2, 0.25) is 0 Å². The van der Waals surface area contributed by atoms with E-state index in [9.17, 15) is 22.8 Å². The van der Waals surface area contributed by atoms with Crippen LogP contribution in [-0.4, -0.2) is 41.4 Å². The molecule has 1 aliphatic heterocycles. The second-order valence-electron chi connectivity index (χ2n) is 9.55. The number of nitrogens with one attached hydrogen (secondary N) is 1. The van der Waals surface area contributed by atoms with Crippen molar-refractivity contribution in [2.24, 2.45) is 0 Å². The minimum atomic E-state index is -4.47. The first-order valence-corrected chi connectivity index (χ1v) is 14.1. The van der Waals surface area contributed by atoms with Gasteiger partial charge in [0.15, 0.2) is 6.61 Å². The van der Waals surface area contributed by atoms with Gasteiger partial charge in [-0.1, -0.05) is 48.0 Å². The highest BCUT2D eigenvalue weighted by Gasteiger charge is 2.31. The Morgan fingerprint density at radius 3 is 2.54 bits per heavy atom. The van der Waals surface area contributed by atoms with Crippen LogP contribution in [0.4, 0.5) is 18.9 Å².